The highest BCUT2D eigenvalue weighted by molar-refractivity contribution is 7.92. The van der Waals surface area contributed by atoms with E-state index in [0.717, 1.165) is 16.1 Å². The highest BCUT2D eigenvalue weighted by Gasteiger charge is 2.14. The highest BCUT2D eigenvalue weighted by atomic mass is 32.2. The number of hydrogen-bond acceptors (Lipinski definition) is 5. The Balaban J connectivity index is 2.10. The second kappa shape index (κ2) is 5.90. The molecule has 2 N–H and O–H groups in total. The summed E-state index contributed by atoms with van der Waals surface area (Å²) in [4.78, 5) is 5.15. The van der Waals surface area contributed by atoms with Gasteiger partial charge in [0.15, 0.2) is 5.13 Å². The smallest absolute Gasteiger partial charge is 0.238 e. The fourth-order valence-electron chi connectivity index (χ4n) is 1.65. The van der Waals surface area contributed by atoms with Crippen LogP contribution in [0.5, 0.6) is 0 Å². The second-order valence-corrected chi connectivity index (χ2v) is 7.42. The Kier molecular flexibility index (Phi) is 4.42. The molecule has 0 aliphatic carbocycles. The molecule has 0 spiro atoms. The van der Waals surface area contributed by atoms with Gasteiger partial charge in [-0.25, -0.2) is 13.4 Å². The first-order chi connectivity index (χ1) is 9.39. The largest absolute Gasteiger partial charge is 0.392 e. The maximum absolute atomic E-state index is 12.1. The number of thiazole rings is 1. The maximum Gasteiger partial charge on any atom is 0.238 e. The van der Waals surface area contributed by atoms with Crippen LogP contribution in [0, 0.1) is 13.8 Å². The van der Waals surface area contributed by atoms with Gasteiger partial charge in [-0.1, -0.05) is 24.3 Å². The third kappa shape index (κ3) is 3.78. The number of sulfonamides is 1. The van der Waals surface area contributed by atoms with Crippen LogP contribution in [0.3, 0.4) is 0 Å². The lowest BCUT2D eigenvalue weighted by Gasteiger charge is -2.05. The SMILES string of the molecule is Cc1nc(NS(=O)(=O)Cc2ccc(CO)cc2)sc1C. The van der Waals surface area contributed by atoms with E-state index >= 15 is 0 Å². The molecule has 1 heterocycles. The molecule has 0 saturated carbocycles. The molecule has 0 bridgehead atoms. The standard InChI is InChI=1S/C13H16N2O3S2/c1-9-10(2)19-13(14-9)15-20(17,18)8-12-5-3-11(7-16)4-6-12/h3-6,16H,7-8H2,1-2H3,(H,14,15). The zero-order valence-corrected chi connectivity index (χ0v) is 12.9. The van der Waals surface area contributed by atoms with Crippen LogP contribution in [0.15, 0.2) is 24.3 Å². The van der Waals surface area contributed by atoms with Crippen LogP contribution in [0.25, 0.3) is 0 Å². The van der Waals surface area contributed by atoms with E-state index in [9.17, 15) is 8.42 Å². The van der Waals surface area contributed by atoms with E-state index in [1.165, 1.54) is 11.3 Å². The Labute approximate surface area is 122 Å². The zero-order valence-electron chi connectivity index (χ0n) is 11.3. The second-order valence-electron chi connectivity index (χ2n) is 4.50. The molecule has 1 aromatic heterocycles. The van der Waals surface area contributed by atoms with Crippen molar-refractivity contribution in [2.75, 3.05) is 4.72 Å². The molecule has 2 aromatic rings. The van der Waals surface area contributed by atoms with Crippen LogP contribution in [0.2, 0.25) is 0 Å². The van der Waals surface area contributed by atoms with Gasteiger partial charge in [0, 0.05) is 4.88 Å². The molecule has 0 aliphatic heterocycles. The number of anilines is 1. The van der Waals surface area contributed by atoms with E-state index in [2.05, 4.69) is 9.71 Å². The van der Waals surface area contributed by atoms with Crippen molar-refractivity contribution >= 4 is 26.5 Å². The van der Waals surface area contributed by atoms with Crippen LogP contribution < -0.4 is 4.72 Å². The van der Waals surface area contributed by atoms with Crippen molar-refractivity contribution in [1.82, 2.24) is 4.98 Å². The molecule has 0 aliphatic rings. The van der Waals surface area contributed by atoms with Crippen molar-refractivity contribution in [1.29, 1.82) is 0 Å². The predicted octanol–water partition coefficient (Wildman–Crippen LogP) is 2.19. The third-order valence-electron chi connectivity index (χ3n) is 2.83. The van der Waals surface area contributed by atoms with Crippen molar-refractivity contribution in [2.24, 2.45) is 0 Å². The normalized spacial score (nSPS) is 11.6. The lowest BCUT2D eigenvalue weighted by atomic mass is 10.2. The van der Waals surface area contributed by atoms with Crippen molar-refractivity contribution in [3.8, 4) is 0 Å². The highest BCUT2D eigenvalue weighted by Crippen LogP contribution is 2.22. The summed E-state index contributed by atoms with van der Waals surface area (Å²) in [5.74, 6) is -0.115. The van der Waals surface area contributed by atoms with Gasteiger partial charge in [-0.05, 0) is 25.0 Å². The maximum atomic E-state index is 12.1. The molecule has 0 fully saturated rings. The van der Waals surface area contributed by atoms with Crippen molar-refractivity contribution in [3.63, 3.8) is 0 Å². The fraction of sp³-hybridized carbons (Fsp3) is 0.308. The van der Waals surface area contributed by atoms with Crippen LogP contribution in [0.4, 0.5) is 5.13 Å². The summed E-state index contributed by atoms with van der Waals surface area (Å²) in [5.41, 5.74) is 2.25. The molecular formula is C13H16N2O3S2. The molecule has 0 amide bonds. The quantitative estimate of drug-likeness (QED) is 0.887. The minimum atomic E-state index is -3.48. The fourth-order valence-corrected chi connectivity index (χ4v) is 3.87. The van der Waals surface area contributed by atoms with E-state index in [0.29, 0.717) is 10.7 Å². The monoisotopic (exact) mass is 312 g/mol. The van der Waals surface area contributed by atoms with Gasteiger partial charge in [0.05, 0.1) is 18.1 Å². The first kappa shape index (κ1) is 15.0. The summed E-state index contributed by atoms with van der Waals surface area (Å²) in [6.07, 6.45) is 0. The molecular weight excluding hydrogens is 296 g/mol. The predicted molar refractivity (Wildman–Crippen MR) is 80.2 cm³/mol. The molecule has 1 aromatic carbocycles. The minimum absolute atomic E-state index is 0.0526. The van der Waals surface area contributed by atoms with Gasteiger partial charge in [0.2, 0.25) is 10.0 Å². The molecule has 0 atom stereocenters. The Morgan fingerprint density at radius 1 is 1.20 bits per heavy atom. The van der Waals surface area contributed by atoms with Gasteiger partial charge in [-0.3, -0.25) is 4.72 Å². The van der Waals surface area contributed by atoms with Crippen LogP contribution in [0.1, 0.15) is 21.7 Å². The molecule has 0 radical (unpaired) electrons. The Hall–Kier alpha value is -1.44. The molecule has 7 heteroatoms. The topological polar surface area (TPSA) is 79.3 Å². The first-order valence-corrected chi connectivity index (χ1v) is 8.50. The van der Waals surface area contributed by atoms with Gasteiger partial charge in [-0.15, -0.1) is 11.3 Å². The van der Waals surface area contributed by atoms with E-state index in [1.807, 2.05) is 13.8 Å². The number of rotatable bonds is 5. The summed E-state index contributed by atoms with van der Waals surface area (Å²) >= 11 is 1.32. The van der Waals surface area contributed by atoms with Crippen LogP contribution in [-0.2, 0) is 22.4 Å². The van der Waals surface area contributed by atoms with Crippen molar-refractivity contribution in [2.45, 2.75) is 26.2 Å². The van der Waals surface area contributed by atoms with Crippen LogP contribution in [-0.4, -0.2) is 18.5 Å². The molecule has 108 valence electrons. The van der Waals surface area contributed by atoms with Crippen molar-refractivity contribution in [3.05, 3.63) is 46.0 Å². The van der Waals surface area contributed by atoms with E-state index in [4.69, 9.17) is 5.11 Å². The Morgan fingerprint density at radius 3 is 2.30 bits per heavy atom. The number of nitrogens with zero attached hydrogens (tertiary/aromatic N) is 1. The summed E-state index contributed by atoms with van der Waals surface area (Å²) in [6.45, 7) is 3.69. The average molecular weight is 312 g/mol. The van der Waals surface area contributed by atoms with Gasteiger partial charge in [0.1, 0.15) is 0 Å². The number of aliphatic hydroxyl groups excluding tert-OH is 1. The summed E-state index contributed by atoms with van der Waals surface area (Å²) in [7, 11) is -3.48. The van der Waals surface area contributed by atoms with E-state index < -0.39 is 10.0 Å². The van der Waals surface area contributed by atoms with Gasteiger partial charge in [0.25, 0.3) is 0 Å². The van der Waals surface area contributed by atoms with Gasteiger partial charge >= 0.3 is 0 Å². The molecule has 0 unspecified atom stereocenters. The number of aryl methyl sites for hydroxylation is 2. The van der Waals surface area contributed by atoms with Crippen molar-refractivity contribution < 1.29 is 13.5 Å². The molecule has 5 nitrogen and oxygen atoms in total. The Bertz CT molecular complexity index is 671. The van der Waals surface area contributed by atoms with Gasteiger partial charge in [-0.2, -0.15) is 0 Å². The lowest BCUT2D eigenvalue weighted by molar-refractivity contribution is 0.282. The van der Waals surface area contributed by atoms with E-state index in [1.54, 1.807) is 24.3 Å². The van der Waals surface area contributed by atoms with E-state index in [-0.39, 0.29) is 12.4 Å². The zero-order chi connectivity index (χ0) is 14.8. The minimum Gasteiger partial charge on any atom is -0.392 e. The Morgan fingerprint density at radius 2 is 1.80 bits per heavy atom. The molecule has 2 rings (SSSR count). The average Bonchev–Trinajstić information content (AvgIpc) is 2.67. The molecule has 20 heavy (non-hydrogen) atoms. The lowest BCUT2D eigenvalue weighted by Crippen LogP contribution is -2.15. The summed E-state index contributed by atoms with van der Waals surface area (Å²) in [6, 6.07) is 6.82. The number of nitrogens with one attached hydrogen (secondary N) is 1. The summed E-state index contributed by atoms with van der Waals surface area (Å²) in [5, 5.41) is 9.34. The summed E-state index contributed by atoms with van der Waals surface area (Å²) < 4.78 is 26.6. The molecule has 0 saturated heterocycles. The third-order valence-corrected chi connectivity index (χ3v) is 5.17. The number of hydrogen-bond donors (Lipinski definition) is 2. The number of aliphatic hydroxyl groups is 1. The van der Waals surface area contributed by atoms with Crippen LogP contribution >= 0.6 is 11.3 Å². The number of benzene rings is 1. The number of aromatic nitrogens is 1. The van der Waals surface area contributed by atoms with Gasteiger partial charge < -0.3 is 5.11 Å². The first-order valence-electron chi connectivity index (χ1n) is 6.03.